The van der Waals surface area contributed by atoms with Crippen molar-refractivity contribution in [3.63, 3.8) is 0 Å². The minimum atomic E-state index is -3.53. The Labute approximate surface area is 135 Å². The van der Waals surface area contributed by atoms with Gasteiger partial charge >= 0.3 is 0 Å². The van der Waals surface area contributed by atoms with Gasteiger partial charge in [-0.15, -0.1) is 0 Å². The van der Waals surface area contributed by atoms with Crippen molar-refractivity contribution >= 4 is 27.3 Å². The molecule has 0 aliphatic heterocycles. The Morgan fingerprint density at radius 2 is 1.95 bits per heavy atom. The Bertz CT molecular complexity index is 684. The van der Waals surface area contributed by atoms with Crippen molar-refractivity contribution < 1.29 is 17.6 Å². The van der Waals surface area contributed by atoms with Crippen LogP contribution in [-0.2, 0) is 21.2 Å². The van der Waals surface area contributed by atoms with Crippen molar-refractivity contribution in [2.24, 2.45) is 0 Å². The maximum atomic E-state index is 13.8. The number of sulfone groups is 1. The topological polar surface area (TPSA) is 54.5 Å². The number of carbonyl (C=O) groups excluding carboxylic acids is 1. The Balaban J connectivity index is 2.27. The predicted molar refractivity (Wildman–Crippen MR) is 83.9 cm³/mol. The average molecular weight is 348 g/mol. The number of nitrogens with zero attached hydrogens (tertiary/aromatic N) is 1. The van der Waals surface area contributed by atoms with E-state index in [9.17, 15) is 17.6 Å². The molecule has 0 bridgehead atoms. The molecule has 4 nitrogen and oxygen atoms in total. The molecule has 0 unspecified atom stereocenters. The molecule has 0 spiro atoms. The first kappa shape index (κ1) is 17.2. The van der Waals surface area contributed by atoms with E-state index in [0.29, 0.717) is 30.7 Å². The normalized spacial score (nSPS) is 17.5. The van der Waals surface area contributed by atoms with E-state index in [1.807, 2.05) is 0 Å². The molecule has 1 aromatic rings. The lowest BCUT2D eigenvalue weighted by Crippen LogP contribution is -2.50. The maximum Gasteiger partial charge on any atom is 0.244 e. The van der Waals surface area contributed by atoms with Gasteiger partial charge < -0.3 is 4.90 Å². The summed E-state index contributed by atoms with van der Waals surface area (Å²) in [5, 5.41) is 0.371. The summed E-state index contributed by atoms with van der Waals surface area (Å²) in [7, 11) is -2.04. The largest absolute Gasteiger partial charge is 0.340 e. The van der Waals surface area contributed by atoms with Gasteiger partial charge in [0.15, 0.2) is 14.6 Å². The zero-order chi connectivity index (χ0) is 16.5. The van der Waals surface area contributed by atoms with E-state index in [2.05, 4.69) is 0 Å². The summed E-state index contributed by atoms with van der Waals surface area (Å²) in [5.74, 6) is -0.934. The fraction of sp³-hybridized carbons (Fsp3) is 0.533. The van der Waals surface area contributed by atoms with Gasteiger partial charge in [-0.2, -0.15) is 0 Å². The number of hydrogen-bond donors (Lipinski definition) is 0. The minimum absolute atomic E-state index is 0.0114. The van der Waals surface area contributed by atoms with Crippen LogP contribution in [0.15, 0.2) is 18.2 Å². The van der Waals surface area contributed by atoms with Gasteiger partial charge in [0.2, 0.25) is 5.91 Å². The summed E-state index contributed by atoms with van der Waals surface area (Å²) in [4.78, 5) is 14.0. The first-order chi connectivity index (χ1) is 10.2. The van der Waals surface area contributed by atoms with E-state index >= 15 is 0 Å². The zero-order valence-corrected chi connectivity index (χ0v) is 14.2. The average Bonchev–Trinajstić information content (AvgIpc) is 2.92. The molecule has 7 heteroatoms. The third-order valence-corrected chi connectivity index (χ3v) is 6.51. The Kier molecular flexibility index (Phi) is 4.82. The first-order valence-electron chi connectivity index (χ1n) is 7.06. The molecule has 0 radical (unpaired) electrons. The Morgan fingerprint density at radius 3 is 2.50 bits per heavy atom. The van der Waals surface area contributed by atoms with Gasteiger partial charge in [-0.25, -0.2) is 12.8 Å². The number of hydrogen-bond acceptors (Lipinski definition) is 3. The monoisotopic (exact) mass is 347 g/mol. The van der Waals surface area contributed by atoms with Gasteiger partial charge in [-0.1, -0.05) is 24.4 Å². The molecule has 1 amide bonds. The van der Waals surface area contributed by atoms with Gasteiger partial charge in [-0.05, 0) is 31.0 Å². The van der Waals surface area contributed by atoms with Gasteiger partial charge in [0, 0.05) is 30.4 Å². The number of halogens is 2. The van der Waals surface area contributed by atoms with Crippen LogP contribution in [0.2, 0.25) is 5.02 Å². The minimum Gasteiger partial charge on any atom is -0.340 e. The predicted octanol–water partition coefficient (Wildman–Crippen LogP) is 2.79. The van der Waals surface area contributed by atoms with E-state index in [0.717, 1.165) is 6.26 Å². The quantitative estimate of drug-likeness (QED) is 0.841. The van der Waals surface area contributed by atoms with Crippen LogP contribution in [0.3, 0.4) is 0 Å². The Morgan fingerprint density at radius 1 is 1.36 bits per heavy atom. The molecule has 0 heterocycles. The highest BCUT2D eigenvalue weighted by Gasteiger charge is 2.51. The molecule has 122 valence electrons. The fourth-order valence-corrected chi connectivity index (χ4v) is 4.73. The molecular weight excluding hydrogens is 329 g/mol. The van der Waals surface area contributed by atoms with Crippen molar-refractivity contribution in [2.75, 3.05) is 13.3 Å². The highest BCUT2D eigenvalue weighted by Crippen LogP contribution is 2.38. The molecule has 1 aromatic carbocycles. The summed E-state index contributed by atoms with van der Waals surface area (Å²) in [5.41, 5.74) is 0.269. The lowest BCUT2D eigenvalue weighted by Gasteiger charge is -2.31. The fourth-order valence-electron chi connectivity index (χ4n) is 3.03. The molecule has 1 aliphatic carbocycles. The lowest BCUT2D eigenvalue weighted by atomic mass is 10.1. The molecule has 0 aromatic heterocycles. The SMILES string of the molecule is CN(Cc1cc(Cl)ccc1F)C(=O)C1(S(C)(=O)=O)CCCC1. The number of rotatable bonds is 4. The number of benzene rings is 1. The van der Waals surface area contributed by atoms with E-state index in [1.165, 1.54) is 30.1 Å². The van der Waals surface area contributed by atoms with Crippen molar-refractivity contribution in [1.29, 1.82) is 0 Å². The molecule has 0 saturated heterocycles. The van der Waals surface area contributed by atoms with Crippen molar-refractivity contribution in [1.82, 2.24) is 4.90 Å². The third kappa shape index (κ3) is 3.13. The summed E-state index contributed by atoms with van der Waals surface area (Å²) in [6.45, 7) is -0.0114. The first-order valence-corrected chi connectivity index (χ1v) is 9.33. The van der Waals surface area contributed by atoms with Crippen LogP contribution < -0.4 is 0 Å². The van der Waals surface area contributed by atoms with Crippen LogP contribution in [0, 0.1) is 5.82 Å². The van der Waals surface area contributed by atoms with Crippen LogP contribution in [0.4, 0.5) is 4.39 Å². The highest BCUT2D eigenvalue weighted by molar-refractivity contribution is 7.92. The van der Waals surface area contributed by atoms with Crippen molar-refractivity contribution in [3.8, 4) is 0 Å². The van der Waals surface area contributed by atoms with E-state index in [1.54, 1.807) is 0 Å². The Hall–Kier alpha value is -1.14. The summed E-state index contributed by atoms with van der Waals surface area (Å²) in [6, 6.07) is 4.11. The molecule has 22 heavy (non-hydrogen) atoms. The van der Waals surface area contributed by atoms with Gasteiger partial charge in [0.1, 0.15) is 5.82 Å². The third-order valence-electron chi connectivity index (χ3n) is 4.27. The lowest BCUT2D eigenvalue weighted by molar-refractivity contribution is -0.133. The summed E-state index contributed by atoms with van der Waals surface area (Å²) in [6.07, 6.45) is 3.17. The second-order valence-electron chi connectivity index (χ2n) is 5.87. The molecule has 0 N–H and O–H groups in total. The van der Waals surface area contributed by atoms with Crippen LogP contribution in [-0.4, -0.2) is 37.3 Å². The van der Waals surface area contributed by atoms with Gasteiger partial charge in [0.05, 0.1) is 0 Å². The van der Waals surface area contributed by atoms with Crippen LogP contribution in [0.25, 0.3) is 0 Å². The standard InChI is InChI=1S/C15H19ClFNO3S/c1-18(10-11-9-12(16)5-6-13(11)17)14(19)15(22(2,20)21)7-3-4-8-15/h5-6,9H,3-4,7-8,10H2,1-2H3. The second-order valence-corrected chi connectivity index (χ2v) is 8.63. The number of carbonyl (C=O) groups is 1. The van der Waals surface area contributed by atoms with Gasteiger partial charge in [-0.3, -0.25) is 4.79 Å². The van der Waals surface area contributed by atoms with Crippen molar-refractivity contribution in [3.05, 3.63) is 34.6 Å². The zero-order valence-electron chi connectivity index (χ0n) is 12.6. The number of amides is 1. The smallest absolute Gasteiger partial charge is 0.244 e. The molecular formula is C15H19ClFNO3S. The highest BCUT2D eigenvalue weighted by atomic mass is 35.5. The maximum absolute atomic E-state index is 13.8. The van der Waals surface area contributed by atoms with E-state index in [-0.39, 0.29) is 12.1 Å². The molecule has 2 rings (SSSR count). The second kappa shape index (κ2) is 6.16. The van der Waals surface area contributed by atoms with Crippen LogP contribution >= 0.6 is 11.6 Å². The van der Waals surface area contributed by atoms with Crippen LogP contribution in [0.1, 0.15) is 31.2 Å². The van der Waals surface area contributed by atoms with E-state index < -0.39 is 26.3 Å². The molecule has 1 fully saturated rings. The summed E-state index contributed by atoms with van der Waals surface area (Å²) < 4.78 is 36.7. The summed E-state index contributed by atoms with van der Waals surface area (Å²) >= 11 is 5.84. The van der Waals surface area contributed by atoms with Crippen molar-refractivity contribution in [2.45, 2.75) is 37.0 Å². The molecule has 1 aliphatic rings. The molecule has 0 atom stereocenters. The molecule has 1 saturated carbocycles. The van der Waals surface area contributed by atoms with E-state index in [4.69, 9.17) is 11.6 Å². The van der Waals surface area contributed by atoms with Crippen LogP contribution in [0.5, 0.6) is 0 Å². The van der Waals surface area contributed by atoms with Gasteiger partial charge in [0.25, 0.3) is 0 Å².